The van der Waals surface area contributed by atoms with Crippen LogP contribution >= 0.6 is 0 Å². The van der Waals surface area contributed by atoms with Gasteiger partial charge < -0.3 is 20.2 Å². The average molecular weight is 478 g/mol. The first-order chi connectivity index (χ1) is 17.0. The molecule has 0 unspecified atom stereocenters. The quantitative estimate of drug-likeness (QED) is 0.351. The standard InChI is InChI=1S/C24H20F2N6O3/c1-34-21-15-17(32-22(10-13-28-32)35-24(25)26)7-8-19(21)31-14-11-20(33)23(30-31)18(9-12-27)29-16-5-3-2-4-6-16/h2-15,24,27,29H,1H3/b18-9-,27-12?. The predicted octanol–water partition coefficient (Wildman–Crippen LogP) is 4.13. The Labute approximate surface area is 198 Å². The molecular formula is C24H20F2N6O3. The van der Waals surface area contributed by atoms with Crippen molar-refractivity contribution < 1.29 is 18.3 Å². The van der Waals surface area contributed by atoms with E-state index >= 15 is 0 Å². The summed E-state index contributed by atoms with van der Waals surface area (Å²) in [6, 6.07) is 16.7. The molecule has 11 heteroatoms. The fraction of sp³-hybridized carbons (Fsp3) is 0.0833. The van der Waals surface area contributed by atoms with Crippen LogP contribution in [-0.2, 0) is 0 Å². The van der Waals surface area contributed by atoms with Crippen molar-refractivity contribution in [3.8, 4) is 23.0 Å². The summed E-state index contributed by atoms with van der Waals surface area (Å²) in [6.45, 7) is -3.00. The Hall–Kier alpha value is -4.80. The number of para-hydroxylation sites is 1. The third kappa shape index (κ3) is 5.24. The van der Waals surface area contributed by atoms with Crippen LogP contribution < -0.4 is 20.2 Å². The van der Waals surface area contributed by atoms with Crippen LogP contribution in [0.2, 0.25) is 0 Å². The molecular weight excluding hydrogens is 458 g/mol. The molecule has 0 aliphatic heterocycles. The van der Waals surface area contributed by atoms with Gasteiger partial charge in [0.25, 0.3) is 0 Å². The number of benzene rings is 2. The number of hydrogen-bond acceptors (Lipinski definition) is 7. The number of ether oxygens (including phenoxy) is 2. The lowest BCUT2D eigenvalue weighted by Crippen LogP contribution is -2.18. The second-order valence-corrected chi connectivity index (χ2v) is 7.03. The third-order valence-electron chi connectivity index (χ3n) is 4.84. The molecule has 0 bridgehead atoms. The topological polar surface area (TPSA) is 107 Å². The lowest BCUT2D eigenvalue weighted by molar-refractivity contribution is -0.0544. The van der Waals surface area contributed by atoms with Crippen LogP contribution in [0.1, 0.15) is 5.69 Å². The van der Waals surface area contributed by atoms with Gasteiger partial charge in [0, 0.05) is 36.3 Å². The lowest BCUT2D eigenvalue weighted by Gasteiger charge is -2.15. The molecule has 0 aliphatic carbocycles. The molecule has 4 aromatic rings. The van der Waals surface area contributed by atoms with Gasteiger partial charge in [0.2, 0.25) is 11.3 Å². The Balaban J connectivity index is 1.73. The molecule has 9 nitrogen and oxygen atoms in total. The minimum atomic E-state index is -3.00. The summed E-state index contributed by atoms with van der Waals surface area (Å²) in [5.74, 6) is 0.212. The summed E-state index contributed by atoms with van der Waals surface area (Å²) in [5, 5.41) is 19.1. The summed E-state index contributed by atoms with van der Waals surface area (Å²) < 4.78 is 38.1. The highest BCUT2D eigenvalue weighted by Crippen LogP contribution is 2.28. The molecule has 2 heterocycles. The van der Waals surface area contributed by atoms with Gasteiger partial charge in [0.05, 0.1) is 24.7 Å². The number of hydrogen-bond donors (Lipinski definition) is 2. The number of alkyl halides is 2. The zero-order valence-corrected chi connectivity index (χ0v) is 18.4. The lowest BCUT2D eigenvalue weighted by atomic mass is 10.2. The van der Waals surface area contributed by atoms with Gasteiger partial charge >= 0.3 is 6.61 Å². The van der Waals surface area contributed by atoms with E-state index in [1.807, 2.05) is 30.3 Å². The largest absolute Gasteiger partial charge is 0.494 e. The van der Waals surface area contributed by atoms with E-state index in [9.17, 15) is 13.6 Å². The fourth-order valence-electron chi connectivity index (χ4n) is 3.32. The van der Waals surface area contributed by atoms with Crippen LogP contribution in [0.3, 0.4) is 0 Å². The van der Waals surface area contributed by atoms with E-state index in [2.05, 4.69) is 20.3 Å². The minimum Gasteiger partial charge on any atom is -0.494 e. The van der Waals surface area contributed by atoms with Crippen molar-refractivity contribution in [2.75, 3.05) is 12.4 Å². The Morgan fingerprint density at radius 2 is 1.94 bits per heavy atom. The zero-order valence-electron chi connectivity index (χ0n) is 18.4. The van der Waals surface area contributed by atoms with E-state index in [1.165, 1.54) is 47.1 Å². The maximum Gasteiger partial charge on any atom is 0.388 e. The first-order valence-corrected chi connectivity index (χ1v) is 10.3. The molecule has 0 saturated carbocycles. The van der Waals surface area contributed by atoms with Crippen molar-refractivity contribution in [2.24, 2.45) is 0 Å². The van der Waals surface area contributed by atoms with Crippen molar-refractivity contribution in [1.29, 1.82) is 5.41 Å². The third-order valence-corrected chi connectivity index (χ3v) is 4.84. The van der Waals surface area contributed by atoms with Crippen LogP contribution in [0.25, 0.3) is 17.1 Å². The van der Waals surface area contributed by atoms with Gasteiger partial charge in [-0.05, 0) is 30.3 Å². The average Bonchev–Trinajstić information content (AvgIpc) is 3.32. The molecule has 35 heavy (non-hydrogen) atoms. The van der Waals surface area contributed by atoms with Crippen LogP contribution in [-0.4, -0.2) is 39.5 Å². The number of nitrogens with one attached hydrogen (secondary N) is 2. The SMILES string of the molecule is COc1cc(-n2nccc2OC(F)F)ccc1-n1ccc(=O)c(/C(=C/C=N)Nc2ccccc2)n1. The van der Waals surface area contributed by atoms with Gasteiger partial charge in [-0.3, -0.25) is 4.79 Å². The number of anilines is 1. The van der Waals surface area contributed by atoms with E-state index in [1.54, 1.807) is 18.2 Å². The van der Waals surface area contributed by atoms with E-state index < -0.39 is 6.61 Å². The number of aromatic nitrogens is 4. The van der Waals surface area contributed by atoms with Crippen molar-refractivity contribution in [2.45, 2.75) is 6.61 Å². The first kappa shape index (κ1) is 23.4. The molecule has 2 aromatic heterocycles. The maximum atomic E-state index is 12.7. The normalized spacial score (nSPS) is 11.4. The molecule has 0 amide bonds. The summed E-state index contributed by atoms with van der Waals surface area (Å²) in [7, 11) is 1.45. The van der Waals surface area contributed by atoms with Crippen LogP contribution in [0, 0.1) is 5.41 Å². The highest BCUT2D eigenvalue weighted by Gasteiger charge is 2.16. The second kappa shape index (κ2) is 10.4. The van der Waals surface area contributed by atoms with Crippen LogP contribution in [0.4, 0.5) is 14.5 Å². The molecule has 2 aromatic carbocycles. The number of allylic oxidation sites excluding steroid dienone is 1. The molecule has 0 aliphatic rings. The Morgan fingerprint density at radius 1 is 1.14 bits per heavy atom. The van der Waals surface area contributed by atoms with Crippen molar-refractivity contribution in [1.82, 2.24) is 19.6 Å². The summed E-state index contributed by atoms with van der Waals surface area (Å²) in [5.41, 5.74) is 1.70. The molecule has 0 spiro atoms. The van der Waals surface area contributed by atoms with Crippen molar-refractivity contribution in [3.63, 3.8) is 0 Å². The highest BCUT2D eigenvalue weighted by molar-refractivity contribution is 5.86. The van der Waals surface area contributed by atoms with E-state index in [-0.39, 0.29) is 17.0 Å². The van der Waals surface area contributed by atoms with Crippen molar-refractivity contribution in [3.05, 3.63) is 95.1 Å². The van der Waals surface area contributed by atoms with Gasteiger partial charge in [0.15, 0.2) is 5.69 Å². The Kier molecular flexibility index (Phi) is 6.96. The zero-order chi connectivity index (χ0) is 24.8. The summed E-state index contributed by atoms with van der Waals surface area (Å²) in [4.78, 5) is 12.6. The maximum absolute atomic E-state index is 12.7. The van der Waals surface area contributed by atoms with E-state index in [0.29, 0.717) is 22.8 Å². The molecule has 0 saturated heterocycles. The molecule has 178 valence electrons. The minimum absolute atomic E-state index is 0.0886. The first-order valence-electron chi connectivity index (χ1n) is 10.3. The molecule has 0 fully saturated rings. The number of nitrogens with zero attached hydrogens (tertiary/aromatic N) is 4. The molecule has 4 rings (SSSR count). The number of halogens is 2. The number of methoxy groups -OCH3 is 1. The number of rotatable bonds is 9. The second-order valence-electron chi connectivity index (χ2n) is 7.03. The smallest absolute Gasteiger partial charge is 0.388 e. The van der Waals surface area contributed by atoms with Gasteiger partial charge in [-0.25, -0.2) is 9.36 Å². The summed E-state index contributed by atoms with van der Waals surface area (Å²) in [6.07, 6.45) is 5.31. The Morgan fingerprint density at radius 3 is 2.66 bits per heavy atom. The summed E-state index contributed by atoms with van der Waals surface area (Å²) >= 11 is 0. The predicted molar refractivity (Wildman–Crippen MR) is 127 cm³/mol. The van der Waals surface area contributed by atoms with Gasteiger partial charge in [-0.15, -0.1) is 0 Å². The molecule has 0 radical (unpaired) electrons. The van der Waals surface area contributed by atoms with Gasteiger partial charge in [-0.1, -0.05) is 18.2 Å². The monoisotopic (exact) mass is 478 g/mol. The van der Waals surface area contributed by atoms with E-state index in [4.69, 9.17) is 10.1 Å². The molecule has 2 N–H and O–H groups in total. The molecule has 0 atom stereocenters. The highest BCUT2D eigenvalue weighted by atomic mass is 19.3. The van der Waals surface area contributed by atoms with Crippen LogP contribution in [0.15, 0.2) is 83.9 Å². The van der Waals surface area contributed by atoms with Gasteiger partial charge in [0.1, 0.15) is 11.4 Å². The van der Waals surface area contributed by atoms with Crippen LogP contribution in [0.5, 0.6) is 11.6 Å². The van der Waals surface area contributed by atoms with Gasteiger partial charge in [-0.2, -0.15) is 19.0 Å². The van der Waals surface area contributed by atoms with E-state index in [0.717, 1.165) is 11.9 Å². The fourth-order valence-corrected chi connectivity index (χ4v) is 3.32. The van der Waals surface area contributed by atoms with Crippen molar-refractivity contribution >= 4 is 17.6 Å². The Bertz CT molecular complexity index is 1420.